The zero-order chi connectivity index (χ0) is 12.1. The van der Waals surface area contributed by atoms with Gasteiger partial charge in [-0.2, -0.15) is 0 Å². The van der Waals surface area contributed by atoms with E-state index in [2.05, 4.69) is 42.2 Å². The molecule has 0 bridgehead atoms. The summed E-state index contributed by atoms with van der Waals surface area (Å²) in [7, 11) is 0. The lowest BCUT2D eigenvalue weighted by atomic mass is 10.6. The molecule has 1 aromatic heterocycles. The van der Waals surface area contributed by atoms with Gasteiger partial charge in [0.2, 0.25) is 5.91 Å². The maximum absolute atomic E-state index is 10.2. The summed E-state index contributed by atoms with van der Waals surface area (Å²) in [6, 6.07) is 0. The zero-order valence-corrected chi connectivity index (χ0v) is 12.3. The smallest absolute Gasteiger partial charge is 0.286 e. The van der Waals surface area contributed by atoms with Crippen molar-refractivity contribution in [1.82, 2.24) is 10.3 Å². The standard InChI is InChI=1S/C4HBr2NOS.C3H3NO2S/c5-3-2(1-8)9-4(6)7-3;5-2-1-7-3(6)4-2/h1H;1H2,(H,4,5,6). The molecular weight excluding hydrogens is 384 g/mol. The molecule has 1 saturated heterocycles. The van der Waals surface area contributed by atoms with E-state index in [1.165, 1.54) is 11.3 Å². The first-order valence-corrected chi connectivity index (χ1v) is 7.15. The number of hydrogen-bond acceptors (Lipinski definition) is 6. The van der Waals surface area contributed by atoms with Crippen molar-refractivity contribution in [3.63, 3.8) is 0 Å². The van der Waals surface area contributed by atoms with Crippen LogP contribution in [0.5, 0.6) is 0 Å². The minimum absolute atomic E-state index is 0.185. The Kier molecular flexibility index (Phi) is 5.59. The van der Waals surface area contributed by atoms with Crippen molar-refractivity contribution in [2.45, 2.75) is 0 Å². The number of nitrogens with zero attached hydrogens (tertiary/aromatic N) is 1. The minimum Gasteiger partial charge on any atom is -0.297 e. The lowest BCUT2D eigenvalue weighted by Crippen LogP contribution is -2.18. The van der Waals surface area contributed by atoms with Gasteiger partial charge in [0.1, 0.15) is 9.48 Å². The summed E-state index contributed by atoms with van der Waals surface area (Å²) in [5.41, 5.74) is 0. The third-order valence-electron chi connectivity index (χ3n) is 1.27. The van der Waals surface area contributed by atoms with Crippen LogP contribution in [0.1, 0.15) is 9.67 Å². The molecule has 0 aromatic carbocycles. The van der Waals surface area contributed by atoms with E-state index in [0.29, 0.717) is 15.2 Å². The van der Waals surface area contributed by atoms with Crippen molar-refractivity contribution >= 4 is 72.4 Å². The van der Waals surface area contributed by atoms with Crippen LogP contribution in [0.3, 0.4) is 0 Å². The van der Waals surface area contributed by atoms with Gasteiger partial charge in [-0.05, 0) is 31.9 Å². The number of hydrogen-bond donors (Lipinski definition) is 1. The van der Waals surface area contributed by atoms with Crippen LogP contribution in [0, 0.1) is 0 Å². The normalized spacial score (nSPS) is 14.1. The molecule has 16 heavy (non-hydrogen) atoms. The monoisotopic (exact) mass is 386 g/mol. The number of nitrogens with one attached hydrogen (secondary N) is 1. The van der Waals surface area contributed by atoms with Gasteiger partial charge in [0.25, 0.3) is 5.24 Å². The highest BCUT2D eigenvalue weighted by atomic mass is 79.9. The first-order valence-electron chi connectivity index (χ1n) is 3.76. The number of aromatic nitrogens is 1. The fraction of sp³-hybridized carbons (Fsp3) is 0.143. The summed E-state index contributed by atoms with van der Waals surface area (Å²) in [5.74, 6) is 0.105. The number of amides is 2. The third-order valence-corrected chi connectivity index (χ3v) is 4.34. The van der Waals surface area contributed by atoms with Crippen molar-refractivity contribution in [3.8, 4) is 0 Å². The number of thiazole rings is 1. The summed E-state index contributed by atoms with van der Waals surface area (Å²) in [4.78, 5) is 34.9. The minimum atomic E-state index is -0.231. The second-order valence-corrected chi connectivity index (χ2v) is 6.37. The summed E-state index contributed by atoms with van der Waals surface area (Å²) in [5, 5.41) is 1.87. The molecule has 1 aliphatic heterocycles. The zero-order valence-electron chi connectivity index (χ0n) is 7.53. The molecule has 9 heteroatoms. The molecule has 0 unspecified atom stereocenters. The first-order chi connectivity index (χ1) is 7.52. The molecule has 0 aliphatic carbocycles. The average molecular weight is 388 g/mol. The molecule has 0 spiro atoms. The number of halogens is 2. The average Bonchev–Trinajstić information content (AvgIpc) is 2.73. The summed E-state index contributed by atoms with van der Waals surface area (Å²) in [6.45, 7) is 0. The second kappa shape index (κ2) is 6.48. The van der Waals surface area contributed by atoms with E-state index in [1.54, 1.807) is 0 Å². The Bertz CT molecular complexity index is 421. The SMILES string of the molecule is O=C1CSC(=O)N1.O=Cc1sc(Br)nc1Br. The van der Waals surface area contributed by atoms with E-state index in [9.17, 15) is 14.4 Å². The van der Waals surface area contributed by atoms with Crippen molar-refractivity contribution in [2.75, 3.05) is 5.75 Å². The topological polar surface area (TPSA) is 76.1 Å². The number of thioether (sulfide) groups is 1. The molecule has 0 atom stereocenters. The summed E-state index contributed by atoms with van der Waals surface area (Å²) >= 11 is 8.57. The van der Waals surface area contributed by atoms with E-state index in [-0.39, 0.29) is 11.1 Å². The fourth-order valence-corrected chi connectivity index (χ4v) is 3.26. The van der Waals surface area contributed by atoms with E-state index in [0.717, 1.165) is 22.0 Å². The maximum Gasteiger partial charge on any atom is 0.286 e. The molecule has 1 aromatic rings. The molecule has 5 nitrogen and oxygen atoms in total. The van der Waals surface area contributed by atoms with E-state index in [1.807, 2.05) is 0 Å². The van der Waals surface area contributed by atoms with Crippen LogP contribution in [0.15, 0.2) is 8.52 Å². The molecule has 0 radical (unpaired) electrons. The predicted molar refractivity (Wildman–Crippen MR) is 68.9 cm³/mol. The van der Waals surface area contributed by atoms with Gasteiger partial charge in [-0.25, -0.2) is 4.98 Å². The van der Waals surface area contributed by atoms with Crippen LogP contribution < -0.4 is 5.32 Å². The van der Waals surface area contributed by atoms with Gasteiger partial charge in [-0.15, -0.1) is 11.3 Å². The van der Waals surface area contributed by atoms with Gasteiger partial charge in [0.15, 0.2) is 10.2 Å². The number of carbonyl (C=O) groups excluding carboxylic acids is 3. The van der Waals surface area contributed by atoms with Gasteiger partial charge in [-0.1, -0.05) is 11.8 Å². The molecule has 86 valence electrons. The van der Waals surface area contributed by atoms with E-state index < -0.39 is 0 Å². The highest BCUT2D eigenvalue weighted by Crippen LogP contribution is 2.25. The Balaban J connectivity index is 0.000000165. The molecule has 1 fully saturated rings. The molecule has 2 heterocycles. The quantitative estimate of drug-likeness (QED) is 0.749. The Labute approximate surface area is 116 Å². The van der Waals surface area contributed by atoms with Crippen molar-refractivity contribution in [3.05, 3.63) is 13.4 Å². The molecule has 0 saturated carbocycles. The number of carbonyl (C=O) groups is 3. The van der Waals surface area contributed by atoms with Gasteiger partial charge in [-0.3, -0.25) is 19.7 Å². The fourth-order valence-electron chi connectivity index (χ4n) is 0.678. The van der Waals surface area contributed by atoms with Gasteiger partial charge >= 0.3 is 0 Å². The predicted octanol–water partition coefficient (Wildman–Crippen LogP) is 2.45. The highest BCUT2D eigenvalue weighted by Gasteiger charge is 2.16. The van der Waals surface area contributed by atoms with Crippen molar-refractivity contribution < 1.29 is 14.4 Å². The Morgan fingerprint density at radius 3 is 2.25 bits per heavy atom. The van der Waals surface area contributed by atoms with Crippen LogP contribution in [0.2, 0.25) is 0 Å². The Morgan fingerprint density at radius 2 is 2.06 bits per heavy atom. The first kappa shape index (κ1) is 13.8. The number of imide groups is 1. The lowest BCUT2D eigenvalue weighted by Gasteiger charge is -1.77. The van der Waals surface area contributed by atoms with Crippen molar-refractivity contribution in [2.24, 2.45) is 0 Å². The van der Waals surface area contributed by atoms with E-state index in [4.69, 9.17) is 0 Å². The van der Waals surface area contributed by atoms with Gasteiger partial charge in [0.05, 0.1) is 5.75 Å². The van der Waals surface area contributed by atoms with Crippen LogP contribution in [-0.4, -0.2) is 28.2 Å². The van der Waals surface area contributed by atoms with Gasteiger partial charge < -0.3 is 0 Å². The highest BCUT2D eigenvalue weighted by molar-refractivity contribution is 9.11. The molecule has 2 rings (SSSR count). The van der Waals surface area contributed by atoms with Crippen LogP contribution in [0.4, 0.5) is 4.79 Å². The van der Waals surface area contributed by atoms with E-state index >= 15 is 0 Å². The van der Waals surface area contributed by atoms with Crippen LogP contribution >= 0.6 is 55.0 Å². The Hall–Kier alpha value is -0.250. The van der Waals surface area contributed by atoms with Crippen LogP contribution in [-0.2, 0) is 4.79 Å². The summed E-state index contributed by atoms with van der Waals surface area (Å²) in [6.07, 6.45) is 0.770. The Morgan fingerprint density at radius 1 is 1.38 bits per heavy atom. The third kappa shape index (κ3) is 4.32. The van der Waals surface area contributed by atoms with Crippen LogP contribution in [0.25, 0.3) is 0 Å². The van der Waals surface area contributed by atoms with Gasteiger partial charge in [0, 0.05) is 0 Å². The summed E-state index contributed by atoms with van der Waals surface area (Å²) < 4.78 is 1.32. The second-order valence-electron chi connectivity index (χ2n) is 2.36. The molecule has 1 aliphatic rings. The molecular formula is C7H4Br2N2O3S2. The van der Waals surface area contributed by atoms with Crippen molar-refractivity contribution in [1.29, 1.82) is 0 Å². The maximum atomic E-state index is 10.2. The molecule has 2 amide bonds. The molecule has 1 N–H and O–H groups in total. The largest absolute Gasteiger partial charge is 0.297 e. The number of rotatable bonds is 1. The lowest BCUT2D eigenvalue weighted by molar-refractivity contribution is -0.117. The number of aldehydes is 1.